The second-order valence-electron chi connectivity index (χ2n) is 3.12. The molecular weight excluding hydrogens is 243 g/mol. The molecule has 2 aromatic rings. The van der Waals surface area contributed by atoms with Crippen LogP contribution in [-0.2, 0) is 4.74 Å². The van der Waals surface area contributed by atoms with Gasteiger partial charge in [0.05, 0.1) is 13.3 Å². The zero-order valence-electron chi connectivity index (χ0n) is 9.59. The Hall–Kier alpha value is -2.58. The lowest BCUT2D eigenvalue weighted by molar-refractivity contribution is 0.0587. The molecule has 0 radical (unpaired) electrons. The standard InChI is InChI=1S/C9H9FN6O2/c1-11-9-12-3-5(10)7(14-9)16-4-13-6(15-16)8(17)18-2/h3-4H,1-2H3,(H,11,12,14). The van der Waals surface area contributed by atoms with Crippen molar-refractivity contribution in [2.24, 2.45) is 0 Å². The van der Waals surface area contributed by atoms with Crippen molar-refractivity contribution in [3.63, 3.8) is 0 Å². The van der Waals surface area contributed by atoms with Crippen LogP contribution < -0.4 is 5.32 Å². The maximum Gasteiger partial charge on any atom is 0.377 e. The summed E-state index contributed by atoms with van der Waals surface area (Å²) in [5.41, 5.74) is 0. The molecule has 0 aliphatic heterocycles. The number of aromatic nitrogens is 5. The van der Waals surface area contributed by atoms with Crippen LogP contribution in [0.15, 0.2) is 12.5 Å². The van der Waals surface area contributed by atoms with Gasteiger partial charge in [0.2, 0.25) is 5.95 Å². The highest BCUT2D eigenvalue weighted by Gasteiger charge is 2.15. The molecule has 0 aliphatic carbocycles. The fourth-order valence-electron chi connectivity index (χ4n) is 1.19. The van der Waals surface area contributed by atoms with Crippen molar-refractivity contribution in [1.29, 1.82) is 0 Å². The molecule has 0 saturated carbocycles. The Morgan fingerprint density at radius 3 is 2.94 bits per heavy atom. The van der Waals surface area contributed by atoms with Crippen molar-refractivity contribution in [2.75, 3.05) is 19.5 Å². The topological polar surface area (TPSA) is 94.8 Å². The van der Waals surface area contributed by atoms with Gasteiger partial charge in [-0.05, 0) is 0 Å². The summed E-state index contributed by atoms with van der Waals surface area (Å²) >= 11 is 0. The van der Waals surface area contributed by atoms with Gasteiger partial charge in [-0.3, -0.25) is 0 Å². The number of rotatable bonds is 3. The lowest BCUT2D eigenvalue weighted by Crippen LogP contribution is -2.08. The lowest BCUT2D eigenvalue weighted by atomic mass is 10.5. The molecule has 0 saturated heterocycles. The number of halogens is 1. The van der Waals surface area contributed by atoms with E-state index in [4.69, 9.17) is 0 Å². The van der Waals surface area contributed by atoms with Gasteiger partial charge in [-0.25, -0.2) is 19.2 Å². The number of carbonyl (C=O) groups is 1. The zero-order chi connectivity index (χ0) is 13.1. The maximum absolute atomic E-state index is 13.5. The molecule has 18 heavy (non-hydrogen) atoms. The van der Waals surface area contributed by atoms with Crippen molar-refractivity contribution in [3.05, 3.63) is 24.2 Å². The Morgan fingerprint density at radius 2 is 2.28 bits per heavy atom. The highest BCUT2D eigenvalue weighted by molar-refractivity contribution is 5.84. The summed E-state index contributed by atoms with van der Waals surface area (Å²) in [5.74, 6) is -1.47. The normalized spacial score (nSPS) is 10.2. The summed E-state index contributed by atoms with van der Waals surface area (Å²) in [6.45, 7) is 0. The minimum absolute atomic E-state index is 0.114. The smallest absolute Gasteiger partial charge is 0.377 e. The van der Waals surface area contributed by atoms with E-state index in [2.05, 4.69) is 30.1 Å². The summed E-state index contributed by atoms with van der Waals surface area (Å²) in [6, 6.07) is 0. The first kappa shape index (κ1) is 11.9. The Kier molecular flexibility index (Phi) is 3.13. The number of carbonyl (C=O) groups excluding carboxylic acids is 1. The van der Waals surface area contributed by atoms with Gasteiger partial charge in [0.15, 0.2) is 11.6 Å². The Labute approximate surface area is 101 Å². The SMILES string of the molecule is CNc1ncc(F)c(-n2cnc(C(=O)OC)n2)n1. The fraction of sp³-hybridized carbons (Fsp3) is 0.222. The van der Waals surface area contributed by atoms with E-state index in [9.17, 15) is 9.18 Å². The average Bonchev–Trinajstić information content (AvgIpc) is 2.88. The number of hydrogen-bond acceptors (Lipinski definition) is 7. The van der Waals surface area contributed by atoms with Crippen LogP contribution in [0.5, 0.6) is 0 Å². The molecular formula is C9H9FN6O2. The number of methoxy groups -OCH3 is 1. The molecule has 0 fully saturated rings. The molecule has 2 aromatic heterocycles. The van der Waals surface area contributed by atoms with Gasteiger partial charge >= 0.3 is 5.97 Å². The summed E-state index contributed by atoms with van der Waals surface area (Å²) in [7, 11) is 2.80. The number of hydrogen-bond donors (Lipinski definition) is 1. The van der Waals surface area contributed by atoms with Crippen LogP contribution in [0.2, 0.25) is 0 Å². The third-order valence-electron chi connectivity index (χ3n) is 2.03. The Bertz CT molecular complexity index is 584. The van der Waals surface area contributed by atoms with Crippen molar-refractivity contribution in [1.82, 2.24) is 24.7 Å². The van der Waals surface area contributed by atoms with Gasteiger partial charge in [0, 0.05) is 7.05 Å². The first-order valence-electron chi connectivity index (χ1n) is 4.86. The minimum Gasteiger partial charge on any atom is -0.463 e. The van der Waals surface area contributed by atoms with Gasteiger partial charge in [-0.1, -0.05) is 0 Å². The van der Waals surface area contributed by atoms with Gasteiger partial charge in [0.25, 0.3) is 5.82 Å². The van der Waals surface area contributed by atoms with Crippen LogP contribution in [0.1, 0.15) is 10.6 Å². The number of anilines is 1. The van der Waals surface area contributed by atoms with Crippen molar-refractivity contribution in [3.8, 4) is 5.82 Å². The van der Waals surface area contributed by atoms with Gasteiger partial charge in [-0.15, -0.1) is 5.10 Å². The first-order valence-corrected chi connectivity index (χ1v) is 4.86. The molecule has 94 valence electrons. The Balaban J connectivity index is 2.42. The third kappa shape index (κ3) is 2.10. The number of ether oxygens (including phenoxy) is 1. The monoisotopic (exact) mass is 252 g/mol. The molecule has 8 nitrogen and oxygen atoms in total. The lowest BCUT2D eigenvalue weighted by Gasteiger charge is -2.03. The van der Waals surface area contributed by atoms with E-state index in [1.165, 1.54) is 7.11 Å². The molecule has 2 heterocycles. The minimum atomic E-state index is -0.711. The molecule has 1 N–H and O–H groups in total. The van der Waals surface area contributed by atoms with Crippen LogP contribution in [0.4, 0.5) is 10.3 Å². The zero-order valence-corrected chi connectivity index (χ0v) is 9.59. The molecule has 0 spiro atoms. The number of esters is 1. The maximum atomic E-state index is 13.5. The summed E-state index contributed by atoms with van der Waals surface area (Å²) in [4.78, 5) is 22.4. The van der Waals surface area contributed by atoms with E-state index in [1.807, 2.05) is 0 Å². The number of nitrogens with one attached hydrogen (secondary N) is 1. The molecule has 0 amide bonds. The van der Waals surface area contributed by atoms with E-state index in [0.717, 1.165) is 17.2 Å². The third-order valence-corrected chi connectivity index (χ3v) is 2.03. The van der Waals surface area contributed by atoms with Crippen molar-refractivity contribution >= 4 is 11.9 Å². The van der Waals surface area contributed by atoms with Crippen LogP contribution >= 0.6 is 0 Å². The summed E-state index contributed by atoms with van der Waals surface area (Å²) in [6.07, 6.45) is 2.16. The van der Waals surface area contributed by atoms with Crippen molar-refractivity contribution in [2.45, 2.75) is 0 Å². The van der Waals surface area contributed by atoms with Crippen molar-refractivity contribution < 1.29 is 13.9 Å². The first-order chi connectivity index (χ1) is 8.65. The number of nitrogens with zero attached hydrogens (tertiary/aromatic N) is 5. The van der Waals surface area contributed by atoms with Crippen LogP contribution in [-0.4, -0.2) is 44.9 Å². The molecule has 0 unspecified atom stereocenters. The fourth-order valence-corrected chi connectivity index (χ4v) is 1.19. The molecule has 9 heteroatoms. The largest absolute Gasteiger partial charge is 0.463 e. The molecule has 2 rings (SSSR count). The molecule has 0 aromatic carbocycles. The second kappa shape index (κ2) is 4.73. The molecule has 0 aliphatic rings. The quantitative estimate of drug-likeness (QED) is 0.769. The highest BCUT2D eigenvalue weighted by Crippen LogP contribution is 2.10. The molecule has 0 bridgehead atoms. The molecule has 0 atom stereocenters. The van der Waals surface area contributed by atoms with E-state index in [1.54, 1.807) is 7.05 Å². The average molecular weight is 252 g/mol. The highest BCUT2D eigenvalue weighted by atomic mass is 19.1. The Morgan fingerprint density at radius 1 is 1.50 bits per heavy atom. The van der Waals surface area contributed by atoms with Crippen LogP contribution in [0.25, 0.3) is 5.82 Å². The van der Waals surface area contributed by atoms with Gasteiger partial charge in [-0.2, -0.15) is 9.67 Å². The van der Waals surface area contributed by atoms with E-state index in [0.29, 0.717) is 0 Å². The van der Waals surface area contributed by atoms with E-state index in [-0.39, 0.29) is 17.6 Å². The summed E-state index contributed by atoms with van der Waals surface area (Å²) in [5, 5.41) is 6.42. The second-order valence-corrected chi connectivity index (χ2v) is 3.12. The van der Waals surface area contributed by atoms with Crippen LogP contribution in [0, 0.1) is 5.82 Å². The van der Waals surface area contributed by atoms with E-state index >= 15 is 0 Å². The van der Waals surface area contributed by atoms with E-state index < -0.39 is 11.8 Å². The van der Waals surface area contributed by atoms with Gasteiger partial charge < -0.3 is 10.1 Å². The van der Waals surface area contributed by atoms with Crippen LogP contribution in [0.3, 0.4) is 0 Å². The predicted octanol–water partition coefficient (Wildman–Crippen LogP) is 0.0247. The van der Waals surface area contributed by atoms with Gasteiger partial charge in [0.1, 0.15) is 6.33 Å². The predicted molar refractivity (Wildman–Crippen MR) is 57.8 cm³/mol. The summed E-state index contributed by atoms with van der Waals surface area (Å²) < 4.78 is 19.0.